The molecule has 3 aromatic rings. The van der Waals surface area contributed by atoms with Gasteiger partial charge in [0.25, 0.3) is 0 Å². The highest BCUT2D eigenvalue weighted by atomic mass is 16.4. The summed E-state index contributed by atoms with van der Waals surface area (Å²) in [4.78, 5) is 24.8. The van der Waals surface area contributed by atoms with E-state index in [2.05, 4.69) is 22.8 Å². The topological polar surface area (TPSA) is 82.8 Å². The normalized spacial score (nSPS) is 17.1. The molecule has 4 rings (SSSR count). The average Bonchev–Trinajstić information content (AvgIpc) is 3.43. The van der Waals surface area contributed by atoms with Crippen molar-refractivity contribution in [2.45, 2.75) is 57.1 Å². The maximum atomic E-state index is 12.3. The van der Waals surface area contributed by atoms with E-state index in [-0.39, 0.29) is 18.4 Å². The Labute approximate surface area is 200 Å². The van der Waals surface area contributed by atoms with Crippen molar-refractivity contribution in [1.29, 1.82) is 0 Å². The SMILES string of the molecule is O=C(O)CCCCCCN1C(=O)CCC1/C=C/[C@@H](O)c1cccc(-n2ccc3ccccc32)c1. The molecule has 1 aliphatic heterocycles. The minimum absolute atomic E-state index is 0.00209. The standard InChI is InChI=1S/C28H32N2O4/c31-26(15-13-23-14-16-27(32)30(23)18-6-2-1-3-12-28(33)34)22-9-7-10-24(20-22)29-19-17-21-8-4-5-11-25(21)29/h4-5,7-11,13,15,17,19-20,23,26,31H,1-3,6,12,14,16,18H2,(H,33,34)/b15-13+/t23?,26-/m1/s1. The van der Waals surface area contributed by atoms with Crippen molar-refractivity contribution in [3.63, 3.8) is 0 Å². The largest absolute Gasteiger partial charge is 0.481 e. The number of fused-ring (bicyclic) bond motifs is 1. The number of para-hydroxylation sites is 1. The zero-order valence-corrected chi connectivity index (χ0v) is 19.3. The van der Waals surface area contributed by atoms with E-state index in [0.717, 1.165) is 42.5 Å². The van der Waals surface area contributed by atoms with Gasteiger partial charge in [-0.05, 0) is 54.5 Å². The van der Waals surface area contributed by atoms with E-state index < -0.39 is 12.1 Å². The molecule has 34 heavy (non-hydrogen) atoms. The van der Waals surface area contributed by atoms with Gasteiger partial charge in [0.05, 0.1) is 17.7 Å². The number of carboxylic acid groups (broad SMARTS) is 1. The smallest absolute Gasteiger partial charge is 0.303 e. The first-order chi connectivity index (χ1) is 16.5. The Morgan fingerprint density at radius 2 is 1.88 bits per heavy atom. The molecular formula is C28H32N2O4. The van der Waals surface area contributed by atoms with Crippen LogP contribution in [0.3, 0.4) is 0 Å². The van der Waals surface area contributed by atoms with E-state index in [1.165, 1.54) is 5.39 Å². The number of likely N-dealkylation sites (tertiary alicyclic amines) is 1. The molecule has 6 heteroatoms. The van der Waals surface area contributed by atoms with E-state index >= 15 is 0 Å². The molecule has 0 aliphatic carbocycles. The molecule has 1 amide bonds. The lowest BCUT2D eigenvalue weighted by atomic mass is 10.1. The summed E-state index contributed by atoms with van der Waals surface area (Å²) in [5.41, 5.74) is 2.92. The fraction of sp³-hybridized carbons (Fsp3) is 0.357. The third kappa shape index (κ3) is 5.75. The van der Waals surface area contributed by atoms with Crippen LogP contribution in [-0.2, 0) is 9.59 Å². The van der Waals surface area contributed by atoms with E-state index in [4.69, 9.17) is 5.11 Å². The van der Waals surface area contributed by atoms with Gasteiger partial charge in [0.15, 0.2) is 0 Å². The lowest BCUT2D eigenvalue weighted by Gasteiger charge is -2.22. The highest BCUT2D eigenvalue weighted by Gasteiger charge is 2.28. The number of hydrogen-bond acceptors (Lipinski definition) is 3. The molecule has 1 aliphatic rings. The Kier molecular flexibility index (Phi) is 7.80. The zero-order valence-electron chi connectivity index (χ0n) is 19.3. The van der Waals surface area contributed by atoms with Crippen LogP contribution in [0.5, 0.6) is 0 Å². The summed E-state index contributed by atoms with van der Waals surface area (Å²) in [6.07, 6.45) is 9.84. The number of hydrogen-bond donors (Lipinski definition) is 2. The molecule has 2 N–H and O–H groups in total. The van der Waals surface area contributed by atoms with Crippen LogP contribution in [0.4, 0.5) is 0 Å². The molecule has 1 unspecified atom stereocenters. The summed E-state index contributed by atoms with van der Waals surface area (Å²) in [7, 11) is 0. The van der Waals surface area contributed by atoms with Crippen LogP contribution in [0, 0.1) is 0 Å². The van der Waals surface area contributed by atoms with E-state index in [0.29, 0.717) is 19.4 Å². The summed E-state index contributed by atoms with van der Waals surface area (Å²) in [5, 5.41) is 20.7. The number of carbonyl (C=O) groups is 2. The third-order valence-electron chi connectivity index (χ3n) is 6.52. The molecule has 0 radical (unpaired) electrons. The van der Waals surface area contributed by atoms with Crippen LogP contribution >= 0.6 is 0 Å². The van der Waals surface area contributed by atoms with Crippen molar-refractivity contribution in [2.75, 3.05) is 6.54 Å². The van der Waals surface area contributed by atoms with Crippen molar-refractivity contribution in [3.05, 3.63) is 78.5 Å². The lowest BCUT2D eigenvalue weighted by molar-refractivity contribution is -0.137. The number of aromatic nitrogens is 1. The maximum Gasteiger partial charge on any atom is 0.303 e. The number of aliphatic hydroxyl groups excluding tert-OH is 1. The maximum absolute atomic E-state index is 12.3. The summed E-state index contributed by atoms with van der Waals surface area (Å²) < 4.78 is 2.11. The summed E-state index contributed by atoms with van der Waals surface area (Å²) in [6, 6.07) is 18.2. The molecule has 1 fully saturated rings. The molecule has 2 heterocycles. The van der Waals surface area contributed by atoms with Crippen molar-refractivity contribution >= 4 is 22.8 Å². The molecule has 2 atom stereocenters. The van der Waals surface area contributed by atoms with Gasteiger partial charge >= 0.3 is 5.97 Å². The number of benzene rings is 2. The molecular weight excluding hydrogens is 428 g/mol. The Morgan fingerprint density at radius 3 is 2.74 bits per heavy atom. The molecule has 1 aromatic heterocycles. The fourth-order valence-electron chi connectivity index (χ4n) is 4.67. The predicted octanol–water partition coefficient (Wildman–Crippen LogP) is 5.25. The van der Waals surface area contributed by atoms with E-state index in [9.17, 15) is 14.7 Å². The minimum atomic E-state index is -0.759. The van der Waals surface area contributed by atoms with Crippen LogP contribution in [0.1, 0.15) is 56.6 Å². The van der Waals surface area contributed by atoms with Gasteiger partial charge in [-0.3, -0.25) is 9.59 Å². The predicted molar refractivity (Wildman–Crippen MR) is 133 cm³/mol. The summed E-state index contributed by atoms with van der Waals surface area (Å²) in [6.45, 7) is 0.674. The second-order valence-corrected chi connectivity index (χ2v) is 8.92. The molecule has 0 spiro atoms. The highest BCUT2D eigenvalue weighted by Crippen LogP contribution is 2.25. The molecule has 0 bridgehead atoms. The van der Waals surface area contributed by atoms with Gasteiger partial charge < -0.3 is 19.7 Å². The van der Waals surface area contributed by atoms with Gasteiger partial charge in [-0.1, -0.05) is 55.3 Å². The van der Waals surface area contributed by atoms with Crippen LogP contribution in [-0.4, -0.2) is 44.1 Å². The van der Waals surface area contributed by atoms with E-state index in [1.54, 1.807) is 6.08 Å². The van der Waals surface area contributed by atoms with Gasteiger partial charge in [0, 0.05) is 31.3 Å². The minimum Gasteiger partial charge on any atom is -0.481 e. The first kappa shape index (κ1) is 23.8. The van der Waals surface area contributed by atoms with Crippen LogP contribution in [0.25, 0.3) is 16.6 Å². The molecule has 6 nitrogen and oxygen atoms in total. The van der Waals surface area contributed by atoms with Gasteiger partial charge in [-0.2, -0.15) is 0 Å². The van der Waals surface area contributed by atoms with Crippen molar-refractivity contribution in [2.24, 2.45) is 0 Å². The van der Waals surface area contributed by atoms with Gasteiger partial charge in [0.1, 0.15) is 0 Å². The van der Waals surface area contributed by atoms with Crippen LogP contribution in [0.2, 0.25) is 0 Å². The average molecular weight is 461 g/mol. The summed E-state index contributed by atoms with van der Waals surface area (Å²) >= 11 is 0. The number of unbranched alkanes of at least 4 members (excludes halogenated alkanes) is 3. The first-order valence-corrected chi connectivity index (χ1v) is 12.1. The van der Waals surface area contributed by atoms with Gasteiger partial charge in [-0.25, -0.2) is 0 Å². The van der Waals surface area contributed by atoms with E-state index in [1.807, 2.05) is 53.6 Å². The van der Waals surface area contributed by atoms with Gasteiger partial charge in [-0.15, -0.1) is 0 Å². The van der Waals surface area contributed by atoms with Gasteiger partial charge in [0.2, 0.25) is 5.91 Å². The van der Waals surface area contributed by atoms with Crippen molar-refractivity contribution in [3.8, 4) is 5.69 Å². The number of carboxylic acids is 1. The number of aliphatic carboxylic acids is 1. The number of aliphatic hydroxyl groups is 1. The Hall–Kier alpha value is -3.38. The molecule has 1 saturated heterocycles. The number of amides is 1. The second kappa shape index (κ2) is 11.2. The van der Waals surface area contributed by atoms with Crippen LogP contribution in [0.15, 0.2) is 72.9 Å². The number of nitrogens with zero attached hydrogens (tertiary/aromatic N) is 2. The Balaban J connectivity index is 1.37. The second-order valence-electron chi connectivity index (χ2n) is 8.92. The van der Waals surface area contributed by atoms with Crippen molar-refractivity contribution < 1.29 is 19.8 Å². The quantitative estimate of drug-likeness (QED) is 0.303. The zero-order chi connectivity index (χ0) is 23.9. The lowest BCUT2D eigenvalue weighted by Crippen LogP contribution is -2.32. The molecule has 0 saturated carbocycles. The van der Waals surface area contributed by atoms with Crippen LogP contribution < -0.4 is 0 Å². The fourth-order valence-corrected chi connectivity index (χ4v) is 4.67. The highest BCUT2D eigenvalue weighted by molar-refractivity contribution is 5.82. The monoisotopic (exact) mass is 460 g/mol. The number of rotatable bonds is 11. The summed E-state index contributed by atoms with van der Waals surface area (Å²) in [5.74, 6) is -0.609. The Bertz CT molecular complexity index is 1170. The first-order valence-electron chi connectivity index (χ1n) is 12.1. The third-order valence-corrected chi connectivity index (χ3v) is 6.52. The molecule has 2 aromatic carbocycles. The Morgan fingerprint density at radius 1 is 1.06 bits per heavy atom. The number of carbonyl (C=O) groups excluding carboxylic acids is 1. The molecule has 178 valence electrons. The van der Waals surface area contributed by atoms with Crippen molar-refractivity contribution in [1.82, 2.24) is 9.47 Å².